The van der Waals surface area contributed by atoms with Crippen LogP contribution >= 0.6 is 11.8 Å². The predicted molar refractivity (Wildman–Crippen MR) is 82.6 cm³/mol. The molecule has 1 unspecified atom stereocenters. The van der Waals surface area contributed by atoms with Gasteiger partial charge < -0.3 is 25.6 Å². The summed E-state index contributed by atoms with van der Waals surface area (Å²) in [5, 5.41) is 31.8. The van der Waals surface area contributed by atoms with E-state index in [1.165, 1.54) is 11.8 Å². The summed E-state index contributed by atoms with van der Waals surface area (Å²) in [4.78, 5) is 13.0. The lowest BCUT2D eigenvalue weighted by Crippen LogP contribution is -2.73. The normalized spacial score (nSPS) is 43.5. The number of nitrogens with zero attached hydrogens (tertiary/aromatic N) is 4. The summed E-state index contributed by atoms with van der Waals surface area (Å²) in [6.07, 6.45) is 3.36. The molecular formula is C14H17N5O3S. The molecule has 0 spiro atoms. The Hall–Kier alpha value is -1.42. The molecule has 0 aliphatic heterocycles. The molecule has 2 heterocycles. The minimum Gasteiger partial charge on any atom is -0.396 e. The minimum atomic E-state index is -1.22. The van der Waals surface area contributed by atoms with Crippen LogP contribution in [0.1, 0.15) is 12.5 Å². The summed E-state index contributed by atoms with van der Waals surface area (Å²) in [5.74, 6) is 0.255. The van der Waals surface area contributed by atoms with E-state index >= 15 is 0 Å². The third-order valence-electron chi connectivity index (χ3n) is 6.37. The first-order valence-electron chi connectivity index (χ1n) is 7.55. The lowest BCUT2D eigenvalue weighted by Gasteiger charge is -2.63. The molecule has 4 bridgehead atoms. The second-order valence-electron chi connectivity index (χ2n) is 6.82. The average molecular weight is 335 g/mol. The molecule has 2 aromatic heterocycles. The average Bonchev–Trinajstić information content (AvgIpc) is 3.17. The van der Waals surface area contributed by atoms with Gasteiger partial charge in [0.1, 0.15) is 11.1 Å². The molecule has 2 aromatic rings. The molecule has 0 aromatic carbocycles. The van der Waals surface area contributed by atoms with Crippen LogP contribution in [-0.2, 0) is 0 Å². The molecule has 0 amide bonds. The summed E-state index contributed by atoms with van der Waals surface area (Å²) in [6, 6.07) is -0.344. The van der Waals surface area contributed by atoms with Crippen LogP contribution < -0.4 is 5.73 Å². The molecule has 9 heteroatoms. The van der Waals surface area contributed by atoms with Crippen LogP contribution in [0.2, 0.25) is 0 Å². The Bertz CT molecular complexity index is 833. The van der Waals surface area contributed by atoms with Gasteiger partial charge in [0.2, 0.25) is 0 Å². The highest BCUT2D eigenvalue weighted by molar-refractivity contribution is 7.98. The second kappa shape index (κ2) is 3.97. The number of hydrogen-bond acceptors (Lipinski definition) is 8. The largest absolute Gasteiger partial charge is 0.396 e. The molecular weight excluding hydrogens is 318 g/mol. The van der Waals surface area contributed by atoms with Crippen molar-refractivity contribution in [2.75, 3.05) is 18.6 Å². The van der Waals surface area contributed by atoms with E-state index < -0.39 is 17.1 Å². The van der Waals surface area contributed by atoms with Gasteiger partial charge in [-0.25, -0.2) is 15.0 Å². The molecule has 5 N–H and O–H groups in total. The van der Waals surface area contributed by atoms with Gasteiger partial charge in [0, 0.05) is 11.3 Å². The summed E-state index contributed by atoms with van der Waals surface area (Å²) in [5.41, 5.74) is 5.23. The number of aliphatic hydroxyl groups is 3. The zero-order valence-corrected chi connectivity index (χ0v) is 13.2. The number of anilines is 1. The fourth-order valence-corrected chi connectivity index (χ4v) is 5.75. The van der Waals surface area contributed by atoms with Crippen LogP contribution in [0.5, 0.6) is 0 Å². The van der Waals surface area contributed by atoms with Gasteiger partial charge in [0.15, 0.2) is 16.6 Å². The zero-order valence-electron chi connectivity index (χ0n) is 12.4. The van der Waals surface area contributed by atoms with Crippen molar-refractivity contribution in [3.05, 3.63) is 6.33 Å². The molecule has 3 aliphatic rings. The van der Waals surface area contributed by atoms with Crippen molar-refractivity contribution in [1.82, 2.24) is 19.5 Å². The number of nitrogens with two attached hydrogens (primary N) is 1. The summed E-state index contributed by atoms with van der Waals surface area (Å²) in [7, 11) is 0. The maximum atomic E-state index is 11.0. The number of rotatable bonds is 3. The van der Waals surface area contributed by atoms with Crippen LogP contribution in [0.4, 0.5) is 5.82 Å². The van der Waals surface area contributed by atoms with Gasteiger partial charge in [0.05, 0.1) is 25.1 Å². The van der Waals surface area contributed by atoms with Crippen molar-refractivity contribution < 1.29 is 15.3 Å². The summed E-state index contributed by atoms with van der Waals surface area (Å²) >= 11 is 1.38. The van der Waals surface area contributed by atoms with E-state index in [2.05, 4.69) is 15.0 Å². The fourth-order valence-electron chi connectivity index (χ4n) is 5.38. The molecule has 122 valence electrons. The lowest BCUT2D eigenvalue weighted by atomic mass is 9.45. The van der Waals surface area contributed by atoms with Crippen LogP contribution in [0.15, 0.2) is 11.5 Å². The van der Waals surface area contributed by atoms with Crippen LogP contribution in [0, 0.1) is 17.3 Å². The van der Waals surface area contributed by atoms with E-state index in [1.54, 1.807) is 6.33 Å². The molecule has 6 atom stereocenters. The number of hydrogen-bond donors (Lipinski definition) is 4. The maximum absolute atomic E-state index is 11.0. The third-order valence-corrected chi connectivity index (χ3v) is 6.92. The van der Waals surface area contributed by atoms with Gasteiger partial charge in [-0.3, -0.25) is 0 Å². The topological polar surface area (TPSA) is 130 Å². The molecule has 0 radical (unpaired) electrons. The van der Waals surface area contributed by atoms with E-state index in [0.717, 1.165) is 6.42 Å². The van der Waals surface area contributed by atoms with Gasteiger partial charge in [-0.05, 0) is 18.6 Å². The molecule has 0 saturated heterocycles. The molecule has 8 nitrogen and oxygen atoms in total. The Kier molecular flexibility index (Phi) is 2.41. The Morgan fingerprint density at radius 3 is 2.87 bits per heavy atom. The van der Waals surface area contributed by atoms with Gasteiger partial charge in [-0.2, -0.15) is 0 Å². The highest BCUT2D eigenvalue weighted by Gasteiger charge is 2.90. The first-order valence-corrected chi connectivity index (χ1v) is 8.78. The van der Waals surface area contributed by atoms with E-state index in [1.807, 2.05) is 10.8 Å². The van der Waals surface area contributed by atoms with Crippen LogP contribution in [0.25, 0.3) is 11.2 Å². The first kappa shape index (κ1) is 14.0. The van der Waals surface area contributed by atoms with Crippen molar-refractivity contribution in [3.8, 4) is 0 Å². The Balaban J connectivity index is 1.70. The minimum absolute atomic E-state index is 0.0174. The van der Waals surface area contributed by atoms with Crippen molar-refractivity contribution in [3.63, 3.8) is 0 Å². The Morgan fingerprint density at radius 1 is 1.48 bits per heavy atom. The highest BCUT2D eigenvalue weighted by Crippen LogP contribution is 2.82. The van der Waals surface area contributed by atoms with Crippen LogP contribution in [0.3, 0.4) is 0 Å². The molecule has 23 heavy (non-hydrogen) atoms. The zero-order chi connectivity index (χ0) is 16.1. The van der Waals surface area contributed by atoms with E-state index in [0.29, 0.717) is 22.1 Å². The number of imidazole rings is 1. The first-order chi connectivity index (χ1) is 11.0. The maximum Gasteiger partial charge on any atom is 0.191 e. The highest BCUT2D eigenvalue weighted by atomic mass is 32.2. The lowest BCUT2D eigenvalue weighted by molar-refractivity contribution is -0.294. The number of fused-ring (bicyclic) bond motifs is 1. The summed E-state index contributed by atoms with van der Waals surface area (Å²) < 4.78 is 1.81. The Labute approximate surface area is 135 Å². The van der Waals surface area contributed by atoms with Gasteiger partial charge >= 0.3 is 0 Å². The van der Waals surface area contributed by atoms with Gasteiger partial charge in [-0.15, -0.1) is 0 Å². The quantitative estimate of drug-likeness (QED) is 0.432. The van der Waals surface area contributed by atoms with Crippen molar-refractivity contribution in [1.29, 1.82) is 0 Å². The van der Waals surface area contributed by atoms with Gasteiger partial charge in [-0.1, -0.05) is 11.8 Å². The SMILES string of the molecule is CSc1nc(N)c2ncn([C@@H]3[C@H]4CC5[C@]3(O)[C@H](O)[C@]54CO)c2n1. The number of aromatic nitrogens is 4. The number of nitrogen functional groups attached to an aromatic ring is 1. The number of aliphatic hydroxyl groups excluding tert-OH is 2. The molecule has 5 rings (SSSR count). The fraction of sp³-hybridized carbons (Fsp3) is 0.643. The predicted octanol–water partition coefficient (Wildman–Crippen LogP) is -0.594. The van der Waals surface area contributed by atoms with Crippen LogP contribution in [-0.4, -0.2) is 59.4 Å². The van der Waals surface area contributed by atoms with Crippen molar-refractivity contribution >= 4 is 28.7 Å². The second-order valence-corrected chi connectivity index (χ2v) is 7.59. The number of thioether (sulfide) groups is 1. The molecule has 3 saturated carbocycles. The van der Waals surface area contributed by atoms with E-state index in [-0.39, 0.29) is 24.5 Å². The third kappa shape index (κ3) is 1.21. The standard InChI is InChI=1S/C14H17N5O3S/c1-23-12-17-9(15)7-10(18-12)19(4-16-7)8-5-2-6-13(5,3-20)11(21)14(6,8)22/h4-6,8,11,20-22H,2-3H2,1H3,(H2,15,17,18)/t5-,6?,8-,11-,13+,14-/m1/s1. The Morgan fingerprint density at radius 2 is 2.26 bits per heavy atom. The molecule has 3 fully saturated rings. The van der Waals surface area contributed by atoms with Crippen molar-refractivity contribution in [2.24, 2.45) is 17.3 Å². The van der Waals surface area contributed by atoms with Gasteiger partial charge in [0.25, 0.3) is 0 Å². The van der Waals surface area contributed by atoms with E-state index in [9.17, 15) is 15.3 Å². The van der Waals surface area contributed by atoms with E-state index in [4.69, 9.17) is 5.73 Å². The summed E-state index contributed by atoms with van der Waals surface area (Å²) in [6.45, 7) is -0.109. The molecule has 3 aliphatic carbocycles. The van der Waals surface area contributed by atoms with Crippen molar-refractivity contribution in [2.45, 2.75) is 29.3 Å². The monoisotopic (exact) mass is 335 g/mol. The smallest absolute Gasteiger partial charge is 0.191 e.